The van der Waals surface area contributed by atoms with Crippen LogP contribution in [0.25, 0.3) is 0 Å². The lowest BCUT2D eigenvalue weighted by atomic mass is 9.99. The molecule has 6 heteroatoms. The van der Waals surface area contributed by atoms with Crippen LogP contribution in [0.5, 0.6) is 0 Å². The van der Waals surface area contributed by atoms with Crippen molar-refractivity contribution in [2.45, 2.75) is 11.2 Å². The van der Waals surface area contributed by atoms with E-state index in [2.05, 4.69) is 0 Å². The van der Waals surface area contributed by atoms with Crippen molar-refractivity contribution in [2.24, 2.45) is 16.9 Å². The van der Waals surface area contributed by atoms with Crippen LogP contribution in [0.3, 0.4) is 0 Å². The van der Waals surface area contributed by atoms with E-state index < -0.39 is 20.5 Å². The van der Waals surface area contributed by atoms with E-state index in [4.69, 9.17) is 23.1 Å². The summed E-state index contributed by atoms with van der Waals surface area (Å²) in [5.74, 6) is -0.152. The third-order valence-corrected chi connectivity index (χ3v) is 5.71. The van der Waals surface area contributed by atoms with E-state index in [1.165, 1.54) is 6.26 Å². The summed E-state index contributed by atoms with van der Waals surface area (Å²) in [7, 11) is -3.17. The Hall–Kier alpha value is -0.620. The molecule has 0 aliphatic heterocycles. The Kier molecular flexibility index (Phi) is 3.44. The Balaban J connectivity index is 2.45. The molecule has 1 fully saturated rings. The molecule has 0 aromatic heterocycles. The summed E-state index contributed by atoms with van der Waals surface area (Å²) in [6.45, 7) is 0.525. The summed E-state index contributed by atoms with van der Waals surface area (Å²) >= 11 is 5.95. The van der Waals surface area contributed by atoms with Crippen molar-refractivity contribution in [3.05, 3.63) is 34.9 Å². The van der Waals surface area contributed by atoms with Gasteiger partial charge in [0.25, 0.3) is 0 Å². The van der Waals surface area contributed by atoms with Gasteiger partial charge in [-0.15, -0.1) is 0 Å². The molecule has 1 aliphatic carbocycles. The van der Waals surface area contributed by atoms with Crippen molar-refractivity contribution < 1.29 is 8.42 Å². The maximum absolute atomic E-state index is 11.9. The fraction of sp³-hybridized carbons (Fsp3) is 0.500. The highest BCUT2D eigenvalue weighted by atomic mass is 35.5. The molecule has 100 valence electrons. The van der Waals surface area contributed by atoms with Gasteiger partial charge in [0, 0.05) is 35.7 Å². The third-order valence-electron chi connectivity index (χ3n) is 3.81. The highest BCUT2D eigenvalue weighted by Crippen LogP contribution is 2.61. The number of benzene rings is 1. The Labute approximate surface area is 112 Å². The van der Waals surface area contributed by atoms with Gasteiger partial charge in [0.2, 0.25) is 0 Å². The molecule has 4 N–H and O–H groups in total. The second-order valence-electron chi connectivity index (χ2n) is 4.92. The Morgan fingerprint density at radius 1 is 1.33 bits per heavy atom. The summed E-state index contributed by atoms with van der Waals surface area (Å²) in [4.78, 5) is 0. The van der Waals surface area contributed by atoms with Crippen LogP contribution in [0, 0.1) is 5.41 Å². The molecular formula is C12H17ClN2O2S. The second-order valence-corrected chi connectivity index (χ2v) is 7.53. The van der Waals surface area contributed by atoms with Crippen LogP contribution in [0.1, 0.15) is 11.5 Å². The molecule has 1 saturated carbocycles. The standard InChI is InChI=1S/C12H17ClN2O2S/c1-18(16,17)11-10(12(11,6-14)7-15)8-3-2-4-9(13)5-8/h2-5,10-11H,6-7,14-15H2,1H3/t10-,11+/m1/s1. The fourth-order valence-corrected chi connectivity index (χ4v) is 5.14. The maximum Gasteiger partial charge on any atom is 0.151 e. The first-order valence-electron chi connectivity index (χ1n) is 5.71. The Morgan fingerprint density at radius 2 is 1.94 bits per heavy atom. The predicted molar refractivity (Wildman–Crippen MR) is 73.4 cm³/mol. The number of nitrogens with two attached hydrogens (primary N) is 2. The fourth-order valence-electron chi connectivity index (χ4n) is 2.90. The van der Waals surface area contributed by atoms with Crippen molar-refractivity contribution in [3.8, 4) is 0 Å². The summed E-state index contributed by atoms with van der Waals surface area (Å²) in [6, 6.07) is 7.24. The van der Waals surface area contributed by atoms with Crippen LogP contribution in [-0.2, 0) is 9.84 Å². The topological polar surface area (TPSA) is 86.2 Å². The smallest absolute Gasteiger partial charge is 0.151 e. The molecule has 4 nitrogen and oxygen atoms in total. The van der Waals surface area contributed by atoms with Crippen molar-refractivity contribution in [1.29, 1.82) is 0 Å². The van der Waals surface area contributed by atoms with Gasteiger partial charge in [-0.25, -0.2) is 8.42 Å². The molecule has 0 amide bonds. The molecular weight excluding hydrogens is 272 g/mol. The van der Waals surface area contributed by atoms with Gasteiger partial charge in [0.15, 0.2) is 9.84 Å². The molecule has 0 bridgehead atoms. The van der Waals surface area contributed by atoms with Crippen molar-refractivity contribution in [2.75, 3.05) is 19.3 Å². The molecule has 18 heavy (non-hydrogen) atoms. The monoisotopic (exact) mass is 288 g/mol. The summed E-state index contributed by atoms with van der Waals surface area (Å²) < 4.78 is 23.7. The van der Waals surface area contributed by atoms with E-state index in [1.54, 1.807) is 12.1 Å². The van der Waals surface area contributed by atoms with Gasteiger partial charge in [-0.3, -0.25) is 0 Å². The molecule has 0 saturated heterocycles. The number of rotatable bonds is 4. The van der Waals surface area contributed by atoms with Gasteiger partial charge in [0.05, 0.1) is 5.25 Å². The average molecular weight is 289 g/mol. The summed E-state index contributed by atoms with van der Waals surface area (Å²) in [5, 5.41) is 0.0908. The van der Waals surface area contributed by atoms with Crippen molar-refractivity contribution in [3.63, 3.8) is 0 Å². The van der Waals surface area contributed by atoms with Gasteiger partial charge in [-0.05, 0) is 17.7 Å². The van der Waals surface area contributed by atoms with E-state index >= 15 is 0 Å². The van der Waals surface area contributed by atoms with Gasteiger partial charge < -0.3 is 11.5 Å². The lowest BCUT2D eigenvalue weighted by Crippen LogP contribution is -2.31. The molecule has 1 aliphatic rings. The maximum atomic E-state index is 11.9. The van der Waals surface area contributed by atoms with Gasteiger partial charge in [0.1, 0.15) is 0 Å². The van der Waals surface area contributed by atoms with Gasteiger partial charge in [-0.1, -0.05) is 23.7 Å². The first-order valence-corrected chi connectivity index (χ1v) is 8.04. The quantitative estimate of drug-likeness (QED) is 0.856. The average Bonchev–Trinajstić information content (AvgIpc) is 2.98. The van der Waals surface area contributed by atoms with Gasteiger partial charge >= 0.3 is 0 Å². The number of sulfone groups is 1. The zero-order valence-electron chi connectivity index (χ0n) is 10.1. The minimum Gasteiger partial charge on any atom is -0.330 e. The largest absolute Gasteiger partial charge is 0.330 e. The Bertz CT molecular complexity index is 555. The number of halogens is 1. The number of hydrogen-bond donors (Lipinski definition) is 2. The summed E-state index contributed by atoms with van der Waals surface area (Å²) in [6.07, 6.45) is 1.24. The van der Waals surface area contributed by atoms with Crippen LogP contribution in [0.4, 0.5) is 0 Å². The molecule has 2 rings (SSSR count). The minimum atomic E-state index is -3.17. The summed E-state index contributed by atoms with van der Waals surface area (Å²) in [5.41, 5.74) is 11.9. The second kappa shape index (κ2) is 4.49. The zero-order valence-corrected chi connectivity index (χ0v) is 11.7. The lowest BCUT2D eigenvalue weighted by molar-refractivity contribution is 0.511. The molecule has 0 unspecified atom stereocenters. The zero-order chi connectivity index (χ0) is 13.6. The van der Waals surface area contributed by atoms with E-state index in [-0.39, 0.29) is 19.0 Å². The van der Waals surface area contributed by atoms with Crippen LogP contribution in [0.2, 0.25) is 5.02 Å². The molecule has 0 radical (unpaired) electrons. The minimum absolute atomic E-state index is 0.152. The lowest BCUT2D eigenvalue weighted by Gasteiger charge is -2.12. The third kappa shape index (κ3) is 2.05. The van der Waals surface area contributed by atoms with Crippen molar-refractivity contribution >= 4 is 21.4 Å². The first-order chi connectivity index (χ1) is 8.36. The molecule has 1 aromatic rings. The van der Waals surface area contributed by atoms with Crippen LogP contribution in [-0.4, -0.2) is 33.0 Å². The number of hydrogen-bond acceptors (Lipinski definition) is 4. The highest BCUT2D eigenvalue weighted by Gasteiger charge is 2.68. The van der Waals surface area contributed by atoms with Crippen LogP contribution >= 0.6 is 11.6 Å². The van der Waals surface area contributed by atoms with E-state index in [1.807, 2.05) is 12.1 Å². The molecule has 1 aromatic carbocycles. The molecule has 0 spiro atoms. The van der Waals surface area contributed by atoms with E-state index in [0.717, 1.165) is 5.56 Å². The van der Waals surface area contributed by atoms with Crippen LogP contribution < -0.4 is 11.5 Å². The van der Waals surface area contributed by atoms with E-state index in [9.17, 15) is 8.42 Å². The van der Waals surface area contributed by atoms with Crippen molar-refractivity contribution in [1.82, 2.24) is 0 Å². The van der Waals surface area contributed by atoms with Gasteiger partial charge in [-0.2, -0.15) is 0 Å². The predicted octanol–water partition coefficient (Wildman–Crippen LogP) is 0.754. The molecule has 2 atom stereocenters. The highest BCUT2D eigenvalue weighted by molar-refractivity contribution is 7.91. The SMILES string of the molecule is CS(=O)(=O)[C@H]1[C@@H](c2cccc(Cl)c2)C1(CN)CN. The van der Waals surface area contributed by atoms with E-state index in [0.29, 0.717) is 5.02 Å². The Morgan fingerprint density at radius 3 is 2.33 bits per heavy atom. The normalized spacial score (nSPS) is 26.0. The molecule has 0 heterocycles. The first kappa shape index (κ1) is 13.8. The van der Waals surface area contributed by atoms with Crippen LogP contribution in [0.15, 0.2) is 24.3 Å².